The van der Waals surface area contributed by atoms with Crippen LogP contribution in [0.5, 0.6) is 0 Å². The standard InChI is InChI=1S/C6H14N3.3CH3O.ClH.Ti/c1-2-8-5-6-9-4-3-7-1;3*1-2;;/h7-8H,1-6H2;3*1H3;1H;/q4*-1;;+4. The van der Waals surface area contributed by atoms with Gasteiger partial charge in [-0.2, -0.15) is 0 Å². The van der Waals surface area contributed by atoms with Crippen molar-refractivity contribution in [3.05, 3.63) is 0 Å². The fraction of sp³-hybridized carbons (Fsp3) is 1.00. The quantitative estimate of drug-likeness (QED) is 0.693. The van der Waals surface area contributed by atoms with Gasteiger partial charge in [0.2, 0.25) is 0 Å². The Morgan fingerprint density at radius 2 is 1.24 bits per heavy atom. The maximum atomic E-state index is 5.53. The maximum Gasteiger partial charge on any atom is -0.147 e. The van der Waals surface area contributed by atoms with E-state index in [1.807, 2.05) is 0 Å². The van der Waals surface area contributed by atoms with Gasteiger partial charge in [0.1, 0.15) is 0 Å². The average molecular weight is 306 g/mol. The van der Waals surface area contributed by atoms with Gasteiger partial charge in [0, 0.05) is 0 Å². The molecule has 1 heterocycles. The molecule has 1 fully saturated rings. The third-order valence-corrected chi connectivity index (χ3v) is 7.08. The minimum Gasteiger partial charge on any atom is -0.147 e. The van der Waals surface area contributed by atoms with E-state index in [-0.39, 0.29) is 12.4 Å². The van der Waals surface area contributed by atoms with Crippen molar-refractivity contribution in [1.29, 1.82) is 0 Å². The van der Waals surface area contributed by atoms with Gasteiger partial charge in [-0.05, 0) is 0 Å². The van der Waals surface area contributed by atoms with Gasteiger partial charge >= 0.3 is 103 Å². The predicted octanol–water partition coefficient (Wildman–Crippen LogP) is -0.344. The molecule has 0 aromatic carbocycles. The molecule has 1 saturated heterocycles. The van der Waals surface area contributed by atoms with E-state index in [4.69, 9.17) is 9.96 Å². The third kappa shape index (κ3) is 5.10. The van der Waals surface area contributed by atoms with Crippen LogP contribution in [0, 0.1) is 0 Å². The summed E-state index contributed by atoms with van der Waals surface area (Å²) in [5.74, 6) is 0. The van der Waals surface area contributed by atoms with Crippen LogP contribution in [0.4, 0.5) is 0 Å². The monoisotopic (exact) mass is 305 g/mol. The zero-order chi connectivity index (χ0) is 11.9. The minimum absolute atomic E-state index is 0. The third-order valence-electron chi connectivity index (χ3n) is 2.76. The van der Waals surface area contributed by atoms with Gasteiger partial charge in [0.15, 0.2) is 0 Å². The summed E-state index contributed by atoms with van der Waals surface area (Å²) in [5.41, 5.74) is 0. The van der Waals surface area contributed by atoms with Crippen LogP contribution >= 0.6 is 12.4 Å². The summed E-state index contributed by atoms with van der Waals surface area (Å²) in [6.07, 6.45) is 0. The smallest absolute Gasteiger partial charge is 0.147 e. The van der Waals surface area contributed by atoms with Crippen LogP contribution in [-0.2, 0) is 28.0 Å². The largest absolute Gasteiger partial charge is 0.147 e. The molecule has 6 nitrogen and oxygen atoms in total. The molecule has 0 bridgehead atoms. The van der Waals surface area contributed by atoms with Crippen LogP contribution in [-0.4, -0.2) is 64.0 Å². The normalized spacial score (nSPS) is 19.9. The Kier molecular flexibility index (Phi) is 10.1. The summed E-state index contributed by atoms with van der Waals surface area (Å²) in [6.45, 7) is 5.67. The second-order valence-electron chi connectivity index (χ2n) is 3.62. The first-order valence-corrected chi connectivity index (χ1v) is 8.22. The summed E-state index contributed by atoms with van der Waals surface area (Å²) in [4.78, 5) is 0. The molecule has 0 unspecified atom stereocenters. The van der Waals surface area contributed by atoms with Crippen molar-refractivity contribution in [3.8, 4) is 0 Å². The van der Waals surface area contributed by atoms with Crippen LogP contribution in [0.2, 0.25) is 0 Å². The number of rotatable bonds is 4. The number of halogens is 1. The molecule has 0 spiro atoms. The van der Waals surface area contributed by atoms with Crippen LogP contribution < -0.4 is 10.6 Å². The molecule has 0 amide bonds. The fourth-order valence-corrected chi connectivity index (χ4v) is 5.07. The van der Waals surface area contributed by atoms with Gasteiger partial charge in [-0.15, -0.1) is 12.4 Å². The van der Waals surface area contributed by atoms with Crippen molar-refractivity contribution in [2.75, 3.05) is 60.6 Å². The first kappa shape index (κ1) is 17.8. The van der Waals surface area contributed by atoms with Crippen LogP contribution in [0.25, 0.3) is 0 Å². The van der Waals surface area contributed by atoms with Gasteiger partial charge in [0.05, 0.1) is 0 Å². The zero-order valence-electron chi connectivity index (χ0n) is 10.8. The molecule has 2 N–H and O–H groups in total. The molecule has 0 radical (unpaired) electrons. The second kappa shape index (κ2) is 9.66. The Bertz CT molecular complexity index is 180. The summed E-state index contributed by atoms with van der Waals surface area (Å²) >= 11 is -3.19. The summed E-state index contributed by atoms with van der Waals surface area (Å²) in [6, 6.07) is 0. The minimum atomic E-state index is -3.19. The Balaban J connectivity index is 0.00000256. The molecule has 1 aliphatic rings. The van der Waals surface area contributed by atoms with Crippen molar-refractivity contribution < 1.29 is 28.0 Å². The van der Waals surface area contributed by atoms with E-state index in [0.717, 1.165) is 39.3 Å². The Labute approximate surface area is 115 Å². The summed E-state index contributed by atoms with van der Waals surface area (Å²) in [5, 5.41) is 6.72. The molecule has 1 rings (SSSR count). The first-order valence-electron chi connectivity index (χ1n) is 5.61. The van der Waals surface area contributed by atoms with Crippen molar-refractivity contribution in [2.45, 2.75) is 0 Å². The first-order chi connectivity index (χ1) is 7.79. The van der Waals surface area contributed by atoms with Crippen LogP contribution in [0.15, 0.2) is 0 Å². The Hall–Kier alpha value is 0.764. The van der Waals surface area contributed by atoms with Crippen molar-refractivity contribution in [1.82, 2.24) is 14.0 Å². The second-order valence-corrected chi connectivity index (χ2v) is 8.16. The molecule has 104 valence electrons. The molecule has 0 saturated carbocycles. The Morgan fingerprint density at radius 3 is 1.59 bits per heavy atom. The van der Waals surface area contributed by atoms with E-state index >= 15 is 0 Å². The van der Waals surface area contributed by atoms with E-state index in [2.05, 4.69) is 14.0 Å². The van der Waals surface area contributed by atoms with Crippen molar-refractivity contribution >= 4 is 12.4 Å². The molecule has 1 aliphatic heterocycles. The number of nitrogens with one attached hydrogen (secondary N) is 2. The molecule has 17 heavy (non-hydrogen) atoms. The molecule has 8 heteroatoms. The van der Waals surface area contributed by atoms with E-state index in [0.29, 0.717) is 0 Å². The topological polar surface area (TPSA) is 55.0 Å². The molecule has 0 atom stereocenters. The fourth-order valence-electron chi connectivity index (χ4n) is 1.88. The van der Waals surface area contributed by atoms with Gasteiger partial charge in [-0.1, -0.05) is 0 Å². The predicted molar refractivity (Wildman–Crippen MR) is 65.6 cm³/mol. The van der Waals surface area contributed by atoms with Gasteiger partial charge in [0.25, 0.3) is 0 Å². The average Bonchev–Trinajstić information content (AvgIpc) is 2.46. The van der Waals surface area contributed by atoms with Gasteiger partial charge < -0.3 is 0 Å². The van der Waals surface area contributed by atoms with Crippen molar-refractivity contribution in [2.24, 2.45) is 0 Å². The summed E-state index contributed by atoms with van der Waals surface area (Å²) < 4.78 is 18.8. The molecular formula is C9H24ClN3O3Ti. The zero-order valence-corrected chi connectivity index (χ0v) is 13.2. The van der Waals surface area contributed by atoms with E-state index < -0.39 is 18.0 Å². The van der Waals surface area contributed by atoms with Crippen LogP contribution in [0.1, 0.15) is 0 Å². The SMILES string of the molecule is C[O][Ti]([O]C)([O]C)[N]1CCNCCNCC1.Cl. The number of nitrogens with zero attached hydrogens (tertiary/aromatic N) is 1. The van der Waals surface area contributed by atoms with Gasteiger partial charge in [-0.3, -0.25) is 0 Å². The molecule has 0 aromatic rings. The Morgan fingerprint density at radius 1 is 0.824 bits per heavy atom. The molecule has 0 aromatic heterocycles. The number of hydrogen-bond donors (Lipinski definition) is 2. The molecular weight excluding hydrogens is 281 g/mol. The van der Waals surface area contributed by atoms with E-state index in [9.17, 15) is 0 Å². The van der Waals surface area contributed by atoms with Crippen LogP contribution in [0.3, 0.4) is 0 Å². The van der Waals surface area contributed by atoms with Crippen molar-refractivity contribution in [3.63, 3.8) is 0 Å². The number of hydrogen-bond acceptors (Lipinski definition) is 6. The summed E-state index contributed by atoms with van der Waals surface area (Å²) in [7, 11) is 5.00. The maximum absolute atomic E-state index is 5.53. The molecule has 0 aliphatic carbocycles. The van der Waals surface area contributed by atoms with Gasteiger partial charge in [-0.25, -0.2) is 0 Å². The van der Waals surface area contributed by atoms with E-state index in [1.54, 1.807) is 21.3 Å². The van der Waals surface area contributed by atoms with E-state index in [1.165, 1.54) is 0 Å².